The van der Waals surface area contributed by atoms with Crippen molar-refractivity contribution in [3.05, 3.63) is 52.0 Å². The highest BCUT2D eigenvalue weighted by atomic mass is 32.1. The van der Waals surface area contributed by atoms with E-state index in [9.17, 15) is 9.59 Å². The van der Waals surface area contributed by atoms with Crippen LogP contribution in [-0.2, 0) is 11.2 Å². The zero-order valence-corrected chi connectivity index (χ0v) is 14.0. The Morgan fingerprint density at radius 2 is 1.96 bits per heavy atom. The molecule has 23 heavy (non-hydrogen) atoms. The molecule has 2 aromatic rings. The molecule has 1 aromatic heterocycles. The van der Waals surface area contributed by atoms with Gasteiger partial charge in [0.05, 0.1) is 10.9 Å². The Bertz CT molecular complexity index is 667. The molecule has 0 spiro atoms. The van der Waals surface area contributed by atoms with Gasteiger partial charge in [-0.15, -0.1) is 11.3 Å². The minimum Gasteiger partial charge on any atom is -0.476 e. The number of aromatic nitrogens is 1. The predicted octanol–water partition coefficient (Wildman–Crippen LogP) is 2.94. The summed E-state index contributed by atoms with van der Waals surface area (Å²) in [5, 5.41) is 14.0. The molecule has 122 valence electrons. The third-order valence-corrected chi connectivity index (χ3v) is 4.43. The molecule has 6 heteroatoms. The van der Waals surface area contributed by atoms with Crippen LogP contribution in [0.25, 0.3) is 0 Å². The number of hydrogen-bond donors (Lipinski definition) is 2. The maximum Gasteiger partial charge on any atom is 0.355 e. The summed E-state index contributed by atoms with van der Waals surface area (Å²) in [6.07, 6.45) is 0.531. The van der Waals surface area contributed by atoms with Gasteiger partial charge < -0.3 is 10.4 Å². The van der Waals surface area contributed by atoms with Crippen LogP contribution in [0.15, 0.2) is 35.7 Å². The second kappa shape index (κ2) is 7.87. The van der Waals surface area contributed by atoms with Gasteiger partial charge in [-0.05, 0) is 11.5 Å². The van der Waals surface area contributed by atoms with Crippen molar-refractivity contribution >= 4 is 23.2 Å². The number of nitrogens with one attached hydrogen (secondary N) is 1. The van der Waals surface area contributed by atoms with Crippen molar-refractivity contribution in [1.82, 2.24) is 10.3 Å². The normalized spacial score (nSPS) is 12.1. The second-order valence-electron chi connectivity index (χ2n) is 5.61. The summed E-state index contributed by atoms with van der Waals surface area (Å²) in [5.74, 6) is -1.04. The van der Waals surface area contributed by atoms with Gasteiger partial charge >= 0.3 is 5.97 Å². The highest BCUT2D eigenvalue weighted by molar-refractivity contribution is 7.09. The average molecular weight is 332 g/mol. The van der Waals surface area contributed by atoms with Crippen LogP contribution in [-0.4, -0.2) is 28.5 Å². The van der Waals surface area contributed by atoms with E-state index in [4.69, 9.17) is 5.11 Å². The summed E-state index contributed by atoms with van der Waals surface area (Å²) < 4.78 is 0. The third-order valence-electron chi connectivity index (χ3n) is 3.52. The Labute approximate surface area is 139 Å². The van der Waals surface area contributed by atoms with Gasteiger partial charge in [-0.1, -0.05) is 44.2 Å². The molecule has 5 nitrogen and oxygen atoms in total. The lowest BCUT2D eigenvalue weighted by Gasteiger charge is -2.20. The first-order valence-electron chi connectivity index (χ1n) is 7.49. The van der Waals surface area contributed by atoms with Crippen molar-refractivity contribution in [2.75, 3.05) is 6.54 Å². The van der Waals surface area contributed by atoms with Crippen molar-refractivity contribution in [3.8, 4) is 0 Å². The van der Waals surface area contributed by atoms with E-state index in [1.54, 1.807) is 0 Å². The molecule has 0 fully saturated rings. The van der Waals surface area contributed by atoms with E-state index in [0.29, 0.717) is 18.0 Å². The van der Waals surface area contributed by atoms with E-state index in [1.807, 2.05) is 44.2 Å². The Balaban J connectivity index is 1.93. The van der Waals surface area contributed by atoms with Gasteiger partial charge in [-0.25, -0.2) is 9.78 Å². The lowest BCUT2D eigenvalue weighted by atomic mass is 9.87. The molecular formula is C17H20N2O3S. The summed E-state index contributed by atoms with van der Waals surface area (Å²) in [7, 11) is 0. The number of rotatable bonds is 7. The molecule has 0 aliphatic carbocycles. The molecule has 0 aliphatic heterocycles. The van der Waals surface area contributed by atoms with Gasteiger partial charge in [-0.2, -0.15) is 0 Å². The summed E-state index contributed by atoms with van der Waals surface area (Å²) in [5.41, 5.74) is 1.06. The van der Waals surface area contributed by atoms with Crippen molar-refractivity contribution in [1.29, 1.82) is 0 Å². The van der Waals surface area contributed by atoms with Crippen LogP contribution in [0.4, 0.5) is 0 Å². The summed E-state index contributed by atoms with van der Waals surface area (Å²) in [6, 6.07) is 9.72. The molecule has 2 rings (SSSR count). The fourth-order valence-corrected chi connectivity index (χ4v) is 3.20. The third kappa shape index (κ3) is 4.63. The summed E-state index contributed by atoms with van der Waals surface area (Å²) in [4.78, 5) is 27.3. The maximum atomic E-state index is 12.5. The number of carbonyl (C=O) groups is 2. The maximum absolute atomic E-state index is 12.5. The van der Waals surface area contributed by atoms with Crippen LogP contribution < -0.4 is 5.32 Å². The Morgan fingerprint density at radius 1 is 1.26 bits per heavy atom. The number of amides is 1. The lowest BCUT2D eigenvalue weighted by Crippen LogP contribution is -2.33. The number of aromatic carboxylic acids is 1. The van der Waals surface area contributed by atoms with Crippen molar-refractivity contribution < 1.29 is 14.7 Å². The Kier molecular flexibility index (Phi) is 5.87. The molecule has 1 unspecified atom stereocenters. The van der Waals surface area contributed by atoms with Gasteiger partial charge in [-0.3, -0.25) is 4.79 Å². The SMILES string of the molecule is CC(C)C(C(=O)NCCc1nc(C(=O)O)cs1)c1ccccc1. The lowest BCUT2D eigenvalue weighted by molar-refractivity contribution is -0.123. The quantitative estimate of drug-likeness (QED) is 0.817. The minimum atomic E-state index is -1.03. The number of carboxylic acids is 1. The Hall–Kier alpha value is -2.21. The first-order valence-corrected chi connectivity index (χ1v) is 8.37. The molecule has 1 atom stereocenters. The molecule has 1 aromatic carbocycles. The fourth-order valence-electron chi connectivity index (χ4n) is 2.43. The van der Waals surface area contributed by atoms with E-state index in [2.05, 4.69) is 10.3 Å². The fraction of sp³-hybridized carbons (Fsp3) is 0.353. The first-order chi connectivity index (χ1) is 11.0. The van der Waals surface area contributed by atoms with E-state index in [0.717, 1.165) is 5.56 Å². The molecule has 0 saturated carbocycles. The molecule has 0 bridgehead atoms. The standard InChI is InChI=1S/C17H20N2O3S/c1-11(2)15(12-6-4-3-5-7-12)16(20)18-9-8-14-19-13(10-23-14)17(21)22/h3-7,10-11,15H,8-9H2,1-2H3,(H,18,20)(H,21,22). The van der Waals surface area contributed by atoms with E-state index in [1.165, 1.54) is 16.7 Å². The molecule has 0 saturated heterocycles. The minimum absolute atomic E-state index is 0.0128. The molecule has 0 radical (unpaired) electrons. The number of nitrogens with zero attached hydrogens (tertiary/aromatic N) is 1. The van der Waals surface area contributed by atoms with Crippen molar-refractivity contribution in [3.63, 3.8) is 0 Å². The van der Waals surface area contributed by atoms with Crippen LogP contribution >= 0.6 is 11.3 Å². The molecule has 2 N–H and O–H groups in total. The number of carboxylic acid groups (broad SMARTS) is 1. The van der Waals surface area contributed by atoms with Crippen molar-refractivity contribution in [2.45, 2.75) is 26.2 Å². The number of thiazole rings is 1. The van der Waals surface area contributed by atoms with Gasteiger partial charge in [0.15, 0.2) is 5.69 Å². The van der Waals surface area contributed by atoms with E-state index < -0.39 is 5.97 Å². The first kappa shape index (κ1) is 17.1. The monoisotopic (exact) mass is 332 g/mol. The molecule has 1 amide bonds. The second-order valence-corrected chi connectivity index (χ2v) is 6.55. The van der Waals surface area contributed by atoms with Crippen LogP contribution in [0.5, 0.6) is 0 Å². The Morgan fingerprint density at radius 3 is 2.52 bits per heavy atom. The number of hydrogen-bond acceptors (Lipinski definition) is 4. The van der Waals surface area contributed by atoms with E-state index >= 15 is 0 Å². The van der Waals surface area contributed by atoms with Gasteiger partial charge in [0.1, 0.15) is 0 Å². The number of carbonyl (C=O) groups excluding carboxylic acids is 1. The van der Waals surface area contributed by atoms with Gasteiger partial charge in [0.2, 0.25) is 5.91 Å². The van der Waals surface area contributed by atoms with Crippen LogP contribution in [0, 0.1) is 5.92 Å². The summed E-state index contributed by atoms with van der Waals surface area (Å²) >= 11 is 1.30. The molecule has 1 heterocycles. The van der Waals surface area contributed by atoms with Crippen LogP contribution in [0.1, 0.15) is 40.8 Å². The average Bonchev–Trinajstić information content (AvgIpc) is 2.97. The topological polar surface area (TPSA) is 79.3 Å². The van der Waals surface area contributed by atoms with Crippen LogP contribution in [0.2, 0.25) is 0 Å². The smallest absolute Gasteiger partial charge is 0.355 e. The van der Waals surface area contributed by atoms with Gasteiger partial charge in [0.25, 0.3) is 0 Å². The number of benzene rings is 1. The zero-order valence-electron chi connectivity index (χ0n) is 13.2. The highest BCUT2D eigenvalue weighted by Gasteiger charge is 2.23. The summed E-state index contributed by atoms with van der Waals surface area (Å²) in [6.45, 7) is 4.50. The van der Waals surface area contributed by atoms with E-state index in [-0.39, 0.29) is 23.4 Å². The zero-order chi connectivity index (χ0) is 16.8. The van der Waals surface area contributed by atoms with Crippen LogP contribution in [0.3, 0.4) is 0 Å². The molecular weight excluding hydrogens is 312 g/mol. The highest BCUT2D eigenvalue weighted by Crippen LogP contribution is 2.24. The predicted molar refractivity (Wildman–Crippen MR) is 89.8 cm³/mol. The van der Waals surface area contributed by atoms with Crippen molar-refractivity contribution in [2.24, 2.45) is 5.92 Å². The largest absolute Gasteiger partial charge is 0.476 e. The molecule has 0 aliphatic rings. The van der Waals surface area contributed by atoms with Gasteiger partial charge in [0, 0.05) is 18.3 Å².